The average molecular weight is 491 g/mol. The number of rotatable bonds is 6. The van der Waals surface area contributed by atoms with Crippen LogP contribution in [0, 0.1) is 0 Å². The molecule has 0 aliphatic carbocycles. The second-order valence-corrected chi connectivity index (χ2v) is 10.2. The number of urea groups is 1. The fourth-order valence-corrected chi connectivity index (χ4v) is 4.62. The van der Waals surface area contributed by atoms with Crippen molar-refractivity contribution in [2.24, 2.45) is 0 Å². The van der Waals surface area contributed by atoms with Gasteiger partial charge in [0.1, 0.15) is 0 Å². The van der Waals surface area contributed by atoms with Gasteiger partial charge in [0.2, 0.25) is 10.0 Å². The zero-order valence-corrected chi connectivity index (χ0v) is 22.7. The predicted octanol–water partition coefficient (Wildman–Crippen LogP) is 2.43. The summed E-state index contributed by atoms with van der Waals surface area (Å²) in [5, 5.41) is 7.13. The fraction of sp³-hybridized carbons (Fsp3) is 0.524. The molecule has 1 aromatic carbocycles. The maximum Gasteiger partial charge on any atom is 1.00 e. The number of halogens is 1. The SMILES string of the molecule is CC(C)c1cc(Cl)cc(C(C)C)c1NC(=O)[N-]S(=O)(=O)c1ccn(C2CCOCC2)n1.[Na+]. The third kappa shape index (κ3) is 6.48. The van der Waals surface area contributed by atoms with Crippen LogP contribution >= 0.6 is 11.6 Å². The van der Waals surface area contributed by atoms with E-state index in [9.17, 15) is 13.2 Å². The van der Waals surface area contributed by atoms with Crippen LogP contribution in [0.15, 0.2) is 29.4 Å². The molecule has 1 saturated heterocycles. The molecular formula is C21H28ClN4NaO4S. The Bertz CT molecular complexity index is 1020. The minimum absolute atomic E-state index is 0. The number of aromatic nitrogens is 2. The summed E-state index contributed by atoms with van der Waals surface area (Å²) < 4.78 is 35.7. The van der Waals surface area contributed by atoms with Crippen molar-refractivity contribution in [2.45, 2.75) is 63.4 Å². The van der Waals surface area contributed by atoms with Gasteiger partial charge in [0, 0.05) is 24.4 Å². The van der Waals surface area contributed by atoms with E-state index in [1.54, 1.807) is 23.0 Å². The summed E-state index contributed by atoms with van der Waals surface area (Å²) in [6, 6.07) is 4.02. The number of amides is 2. The zero-order valence-electron chi connectivity index (χ0n) is 19.1. The van der Waals surface area contributed by atoms with Gasteiger partial charge in [-0.05, 0) is 59.7 Å². The first-order valence-corrected chi connectivity index (χ1v) is 12.2. The van der Waals surface area contributed by atoms with Crippen molar-refractivity contribution in [3.63, 3.8) is 0 Å². The number of carbonyl (C=O) groups is 1. The number of anilines is 1. The Balaban J connectivity index is 0.00000363. The summed E-state index contributed by atoms with van der Waals surface area (Å²) in [6.45, 7) is 9.11. The normalized spacial score (nSPS) is 15.0. The first-order valence-electron chi connectivity index (χ1n) is 10.3. The molecule has 2 heterocycles. The second kappa shape index (κ2) is 11.4. The van der Waals surface area contributed by atoms with Gasteiger partial charge in [0.05, 0.1) is 6.04 Å². The third-order valence-electron chi connectivity index (χ3n) is 5.26. The molecule has 1 aliphatic rings. The van der Waals surface area contributed by atoms with Gasteiger partial charge in [0.15, 0.2) is 11.1 Å². The number of carbonyl (C=O) groups excluding carboxylic acids is 1. The second-order valence-electron chi connectivity index (χ2n) is 8.24. The first kappa shape index (κ1) is 27.1. The van der Waals surface area contributed by atoms with Gasteiger partial charge in [-0.15, -0.1) is 0 Å². The minimum atomic E-state index is -4.25. The molecular weight excluding hydrogens is 463 g/mol. The number of nitrogens with one attached hydrogen (secondary N) is 1. The third-order valence-corrected chi connectivity index (χ3v) is 6.63. The molecule has 3 rings (SSSR count). The van der Waals surface area contributed by atoms with Crippen LogP contribution < -0.4 is 34.9 Å². The molecule has 0 unspecified atom stereocenters. The molecule has 2 amide bonds. The van der Waals surface area contributed by atoms with Crippen LogP contribution in [0.25, 0.3) is 4.72 Å². The van der Waals surface area contributed by atoms with E-state index in [-0.39, 0.29) is 52.5 Å². The summed E-state index contributed by atoms with van der Waals surface area (Å²) in [5.41, 5.74) is 2.19. The largest absolute Gasteiger partial charge is 1.00 e. The van der Waals surface area contributed by atoms with Crippen LogP contribution in [0.3, 0.4) is 0 Å². The average Bonchev–Trinajstić information content (AvgIpc) is 3.20. The Morgan fingerprint density at radius 2 is 1.75 bits per heavy atom. The monoisotopic (exact) mass is 490 g/mol. The Morgan fingerprint density at radius 1 is 1.19 bits per heavy atom. The smallest absolute Gasteiger partial charge is 0.423 e. The van der Waals surface area contributed by atoms with E-state index in [4.69, 9.17) is 16.3 Å². The van der Waals surface area contributed by atoms with Crippen molar-refractivity contribution in [3.8, 4) is 0 Å². The van der Waals surface area contributed by atoms with Crippen LogP contribution in [-0.2, 0) is 14.8 Å². The van der Waals surface area contributed by atoms with E-state index in [1.165, 1.54) is 6.07 Å². The molecule has 0 radical (unpaired) electrons. The number of nitrogens with zero attached hydrogens (tertiary/aromatic N) is 3. The maximum atomic E-state index is 12.7. The Kier molecular flexibility index (Phi) is 9.63. The van der Waals surface area contributed by atoms with Crippen molar-refractivity contribution in [3.05, 3.63) is 45.3 Å². The molecule has 170 valence electrons. The molecule has 1 aromatic heterocycles. The molecule has 0 bridgehead atoms. The van der Waals surface area contributed by atoms with E-state index >= 15 is 0 Å². The first-order chi connectivity index (χ1) is 14.6. The molecule has 1 fully saturated rings. The van der Waals surface area contributed by atoms with Crippen molar-refractivity contribution in [2.75, 3.05) is 18.5 Å². The number of benzene rings is 1. The molecule has 8 nitrogen and oxygen atoms in total. The molecule has 1 aliphatic heterocycles. The Hall–Kier alpha value is -1.10. The molecule has 0 saturated carbocycles. The molecule has 0 atom stereocenters. The van der Waals surface area contributed by atoms with E-state index in [0.717, 1.165) is 24.0 Å². The summed E-state index contributed by atoms with van der Waals surface area (Å²) in [4.78, 5) is 12.6. The van der Waals surface area contributed by atoms with Crippen LogP contribution in [0.5, 0.6) is 0 Å². The predicted molar refractivity (Wildman–Crippen MR) is 121 cm³/mol. The van der Waals surface area contributed by atoms with Gasteiger partial charge in [0.25, 0.3) is 0 Å². The quantitative estimate of drug-likeness (QED) is 0.626. The fourth-order valence-electron chi connectivity index (χ4n) is 3.60. The maximum absolute atomic E-state index is 12.7. The van der Waals surface area contributed by atoms with Crippen LogP contribution in [0.4, 0.5) is 10.5 Å². The van der Waals surface area contributed by atoms with E-state index < -0.39 is 16.1 Å². The van der Waals surface area contributed by atoms with Gasteiger partial charge in [-0.25, -0.2) is 8.42 Å². The Labute approximate surface area is 216 Å². The molecule has 32 heavy (non-hydrogen) atoms. The van der Waals surface area contributed by atoms with Crippen molar-refractivity contribution < 1.29 is 47.5 Å². The molecule has 2 aromatic rings. The van der Waals surface area contributed by atoms with Crippen molar-refractivity contribution in [1.29, 1.82) is 0 Å². The van der Waals surface area contributed by atoms with Gasteiger partial charge in [-0.3, -0.25) is 9.48 Å². The van der Waals surface area contributed by atoms with Gasteiger partial charge in [-0.2, -0.15) is 5.10 Å². The topological polar surface area (TPSA) is 104 Å². The molecule has 1 N–H and O–H groups in total. The standard InChI is InChI=1S/C21H29ClN4O4S.Na/c1-13(2)17-11-15(22)12-18(14(3)4)20(17)23-21(27)25-31(28,29)19-5-8-26(24-19)16-6-9-30-10-7-16;/h5,8,11-14,16H,6-7,9-10H2,1-4H3,(H2,23,25,27);/q;+1/p-1. The van der Waals surface area contributed by atoms with Gasteiger partial charge < -0.3 is 14.8 Å². The van der Waals surface area contributed by atoms with Gasteiger partial charge >= 0.3 is 29.6 Å². The molecule has 0 spiro atoms. The number of hydrogen-bond acceptors (Lipinski definition) is 5. The number of hydrogen-bond donors (Lipinski definition) is 1. The number of ether oxygens (including phenoxy) is 1. The van der Waals surface area contributed by atoms with Gasteiger partial charge in [-0.1, -0.05) is 39.3 Å². The molecule has 11 heteroatoms. The van der Waals surface area contributed by atoms with Crippen LogP contribution in [-0.4, -0.2) is 37.4 Å². The zero-order chi connectivity index (χ0) is 22.8. The van der Waals surface area contributed by atoms with Crippen molar-refractivity contribution >= 4 is 33.3 Å². The minimum Gasteiger partial charge on any atom is -0.423 e. The van der Waals surface area contributed by atoms with E-state index in [2.05, 4.69) is 15.1 Å². The van der Waals surface area contributed by atoms with E-state index in [1.807, 2.05) is 27.7 Å². The van der Waals surface area contributed by atoms with E-state index in [0.29, 0.717) is 23.9 Å². The van der Waals surface area contributed by atoms with Crippen molar-refractivity contribution in [1.82, 2.24) is 9.78 Å². The number of sulfonamides is 1. The summed E-state index contributed by atoms with van der Waals surface area (Å²) in [5.74, 6) is 0.136. The van der Waals surface area contributed by atoms with Crippen LogP contribution in [0.1, 0.15) is 69.5 Å². The summed E-state index contributed by atoms with van der Waals surface area (Å²) >= 11 is 6.25. The summed E-state index contributed by atoms with van der Waals surface area (Å²) in [6.07, 6.45) is 3.11. The van der Waals surface area contributed by atoms with Crippen LogP contribution in [0.2, 0.25) is 5.02 Å². The summed E-state index contributed by atoms with van der Waals surface area (Å²) in [7, 11) is -4.25. The Morgan fingerprint density at radius 3 is 2.28 bits per heavy atom.